The summed E-state index contributed by atoms with van der Waals surface area (Å²) in [7, 11) is 2.21. The maximum atomic E-state index is 13.4. The van der Waals surface area contributed by atoms with Gasteiger partial charge >= 0.3 is 0 Å². The van der Waals surface area contributed by atoms with Gasteiger partial charge in [0.2, 0.25) is 0 Å². The molecule has 2 nitrogen and oxygen atoms in total. The molecule has 0 saturated carbocycles. The third-order valence-corrected chi connectivity index (χ3v) is 5.81. The van der Waals surface area contributed by atoms with E-state index in [0.29, 0.717) is 0 Å². The Labute approximate surface area is 160 Å². The van der Waals surface area contributed by atoms with E-state index in [1.165, 1.54) is 33.3 Å². The number of allylic oxidation sites excluding steroid dienone is 2. The van der Waals surface area contributed by atoms with Crippen LogP contribution >= 0.6 is 0 Å². The van der Waals surface area contributed by atoms with Gasteiger partial charge < -0.3 is 9.47 Å². The van der Waals surface area contributed by atoms with Gasteiger partial charge in [-0.2, -0.15) is 0 Å². The highest BCUT2D eigenvalue weighted by Gasteiger charge is 2.21. The van der Waals surface area contributed by atoms with E-state index in [9.17, 15) is 4.39 Å². The lowest BCUT2D eigenvalue weighted by Crippen LogP contribution is -2.21. The van der Waals surface area contributed by atoms with Gasteiger partial charge in [0.15, 0.2) is 0 Å². The molecule has 3 heteroatoms. The molecule has 1 aliphatic rings. The Morgan fingerprint density at radius 2 is 1.81 bits per heavy atom. The van der Waals surface area contributed by atoms with Crippen molar-refractivity contribution >= 4 is 16.5 Å². The minimum absolute atomic E-state index is 0.187. The van der Waals surface area contributed by atoms with Crippen LogP contribution in [0.5, 0.6) is 0 Å². The molecule has 4 rings (SSSR count). The molecule has 0 amide bonds. The minimum atomic E-state index is -0.187. The summed E-state index contributed by atoms with van der Waals surface area (Å²) in [6, 6.07) is 13.7. The van der Waals surface area contributed by atoms with E-state index in [1.807, 2.05) is 12.1 Å². The fourth-order valence-corrected chi connectivity index (χ4v) is 4.23. The van der Waals surface area contributed by atoms with E-state index in [4.69, 9.17) is 0 Å². The second-order valence-corrected chi connectivity index (χ2v) is 7.66. The number of aromatic nitrogens is 1. The molecule has 0 atom stereocenters. The van der Waals surface area contributed by atoms with E-state index in [2.05, 4.69) is 54.6 Å². The molecule has 0 bridgehead atoms. The Hall–Kier alpha value is -2.39. The Kier molecular flexibility index (Phi) is 4.88. The number of benzene rings is 2. The highest BCUT2D eigenvalue weighted by atomic mass is 19.1. The molecule has 140 valence electrons. The molecule has 0 radical (unpaired) electrons. The average Bonchev–Trinajstić information content (AvgIpc) is 2.80. The van der Waals surface area contributed by atoms with Gasteiger partial charge in [-0.3, -0.25) is 0 Å². The van der Waals surface area contributed by atoms with Crippen LogP contribution in [0.4, 0.5) is 4.39 Å². The second kappa shape index (κ2) is 7.32. The van der Waals surface area contributed by atoms with Crippen molar-refractivity contribution in [1.29, 1.82) is 0 Å². The smallest absolute Gasteiger partial charge is 0.123 e. The predicted molar refractivity (Wildman–Crippen MR) is 112 cm³/mol. The van der Waals surface area contributed by atoms with E-state index in [1.54, 1.807) is 12.1 Å². The van der Waals surface area contributed by atoms with Gasteiger partial charge in [0.05, 0.1) is 0 Å². The van der Waals surface area contributed by atoms with Crippen molar-refractivity contribution in [2.75, 3.05) is 20.1 Å². The molecule has 2 aromatic carbocycles. The first-order valence-electron chi connectivity index (χ1n) is 9.77. The van der Waals surface area contributed by atoms with Crippen molar-refractivity contribution < 1.29 is 4.39 Å². The standard InChI is InChI=1S/C24H27FN2/c1-4-18(19-6-8-20(25)9-7-19)16-27-23-10-5-17(2)15-22(23)21-11-13-26(3)14-12-24(21)27/h4-10,15H,11-14,16H2,1-3H3/b18-4-. The van der Waals surface area contributed by atoms with Gasteiger partial charge in [-0.1, -0.05) is 29.8 Å². The van der Waals surface area contributed by atoms with Crippen LogP contribution in [0.25, 0.3) is 16.5 Å². The number of likely N-dealkylation sites (N-methyl/N-ethyl adjacent to an activating group) is 1. The summed E-state index contributed by atoms with van der Waals surface area (Å²) < 4.78 is 15.8. The molecule has 27 heavy (non-hydrogen) atoms. The molecule has 0 aliphatic carbocycles. The van der Waals surface area contributed by atoms with E-state index in [-0.39, 0.29) is 5.82 Å². The minimum Gasteiger partial charge on any atom is -0.340 e. The predicted octanol–water partition coefficient (Wildman–Crippen LogP) is 5.22. The quantitative estimate of drug-likeness (QED) is 0.620. The summed E-state index contributed by atoms with van der Waals surface area (Å²) >= 11 is 0. The second-order valence-electron chi connectivity index (χ2n) is 7.66. The van der Waals surface area contributed by atoms with Crippen molar-refractivity contribution in [3.05, 3.63) is 76.7 Å². The van der Waals surface area contributed by atoms with Gasteiger partial charge in [-0.25, -0.2) is 4.39 Å². The molecule has 2 heterocycles. The molecule has 1 aromatic heterocycles. The Morgan fingerprint density at radius 3 is 2.56 bits per heavy atom. The zero-order chi connectivity index (χ0) is 19.0. The Balaban J connectivity index is 1.82. The van der Waals surface area contributed by atoms with Crippen molar-refractivity contribution in [3.8, 4) is 0 Å². The van der Waals surface area contributed by atoms with Crippen molar-refractivity contribution in [2.45, 2.75) is 33.2 Å². The topological polar surface area (TPSA) is 8.17 Å². The normalized spacial score (nSPS) is 15.8. The first-order chi connectivity index (χ1) is 13.1. The highest BCUT2D eigenvalue weighted by molar-refractivity contribution is 5.87. The highest BCUT2D eigenvalue weighted by Crippen LogP contribution is 2.32. The number of halogens is 1. The van der Waals surface area contributed by atoms with E-state index < -0.39 is 0 Å². The molecule has 0 saturated heterocycles. The summed E-state index contributed by atoms with van der Waals surface area (Å²) in [5.74, 6) is -0.187. The third-order valence-electron chi connectivity index (χ3n) is 5.81. The number of aryl methyl sites for hydroxylation is 1. The summed E-state index contributed by atoms with van der Waals surface area (Å²) in [4.78, 5) is 2.42. The first kappa shape index (κ1) is 18.0. The van der Waals surface area contributed by atoms with Crippen LogP contribution in [0.3, 0.4) is 0 Å². The number of hydrogen-bond acceptors (Lipinski definition) is 1. The van der Waals surface area contributed by atoms with Crippen LogP contribution < -0.4 is 0 Å². The largest absolute Gasteiger partial charge is 0.340 e. The van der Waals surface area contributed by atoms with Crippen LogP contribution in [0.2, 0.25) is 0 Å². The molecular formula is C24H27FN2. The summed E-state index contributed by atoms with van der Waals surface area (Å²) in [6.45, 7) is 7.25. The van der Waals surface area contributed by atoms with Gasteiger partial charge in [-0.05, 0) is 68.3 Å². The molecule has 0 N–H and O–H groups in total. The monoisotopic (exact) mass is 362 g/mol. The van der Waals surface area contributed by atoms with Crippen LogP contribution in [0.15, 0.2) is 48.5 Å². The zero-order valence-electron chi connectivity index (χ0n) is 16.4. The summed E-state index contributed by atoms with van der Waals surface area (Å²) in [5.41, 5.74) is 7.91. The number of hydrogen-bond donors (Lipinski definition) is 0. The zero-order valence-corrected chi connectivity index (χ0v) is 16.4. The van der Waals surface area contributed by atoms with Gasteiger partial charge in [0.1, 0.15) is 5.82 Å². The SMILES string of the molecule is C/C=C(/Cn1c2c(c3cc(C)ccc31)CCN(C)CC2)c1ccc(F)cc1. The van der Waals surface area contributed by atoms with Crippen LogP contribution in [-0.4, -0.2) is 29.6 Å². The molecular weight excluding hydrogens is 335 g/mol. The van der Waals surface area contributed by atoms with Crippen molar-refractivity contribution in [1.82, 2.24) is 9.47 Å². The average molecular weight is 362 g/mol. The Morgan fingerprint density at radius 1 is 1.07 bits per heavy atom. The molecule has 0 fully saturated rings. The van der Waals surface area contributed by atoms with E-state index >= 15 is 0 Å². The maximum absolute atomic E-state index is 13.4. The maximum Gasteiger partial charge on any atom is 0.123 e. The third kappa shape index (κ3) is 3.44. The lowest BCUT2D eigenvalue weighted by Gasteiger charge is -2.16. The number of fused-ring (bicyclic) bond motifs is 3. The van der Waals surface area contributed by atoms with Gasteiger partial charge in [-0.15, -0.1) is 0 Å². The van der Waals surface area contributed by atoms with Crippen LogP contribution in [-0.2, 0) is 19.4 Å². The summed E-state index contributed by atoms with van der Waals surface area (Å²) in [6.07, 6.45) is 4.32. The van der Waals surface area contributed by atoms with Crippen LogP contribution in [0, 0.1) is 12.7 Å². The number of nitrogens with zero attached hydrogens (tertiary/aromatic N) is 2. The lowest BCUT2D eigenvalue weighted by molar-refractivity contribution is 0.351. The molecule has 1 aliphatic heterocycles. The van der Waals surface area contributed by atoms with Crippen molar-refractivity contribution in [2.24, 2.45) is 0 Å². The Bertz CT molecular complexity index is 995. The molecule has 3 aromatic rings. The van der Waals surface area contributed by atoms with Crippen molar-refractivity contribution in [3.63, 3.8) is 0 Å². The molecule has 0 unspecified atom stereocenters. The van der Waals surface area contributed by atoms with Gasteiger partial charge in [0, 0.05) is 42.7 Å². The first-order valence-corrected chi connectivity index (χ1v) is 9.77. The fourth-order valence-electron chi connectivity index (χ4n) is 4.23. The van der Waals surface area contributed by atoms with Gasteiger partial charge in [0.25, 0.3) is 0 Å². The lowest BCUT2D eigenvalue weighted by atomic mass is 10.0. The van der Waals surface area contributed by atoms with Crippen LogP contribution in [0.1, 0.15) is 29.3 Å². The number of rotatable bonds is 3. The molecule has 0 spiro atoms. The fraction of sp³-hybridized carbons (Fsp3) is 0.333. The van der Waals surface area contributed by atoms with E-state index in [0.717, 1.165) is 38.0 Å². The summed E-state index contributed by atoms with van der Waals surface area (Å²) in [5, 5.41) is 1.40.